The maximum absolute atomic E-state index is 6.04. The van der Waals surface area contributed by atoms with Crippen LogP contribution in [0.4, 0.5) is 11.4 Å². The Morgan fingerprint density at radius 3 is 2.20 bits per heavy atom. The molecule has 0 bridgehead atoms. The number of nitrogen functional groups attached to an aromatic ring is 2. The van der Waals surface area contributed by atoms with Crippen molar-refractivity contribution in [1.29, 1.82) is 0 Å². The van der Waals surface area contributed by atoms with Gasteiger partial charge in [0, 0.05) is 16.9 Å². The summed E-state index contributed by atoms with van der Waals surface area (Å²) in [4.78, 5) is 0. The van der Waals surface area contributed by atoms with Crippen LogP contribution in [-0.4, -0.2) is 0 Å². The third-order valence-corrected chi connectivity index (χ3v) is 2.64. The van der Waals surface area contributed by atoms with Gasteiger partial charge >= 0.3 is 0 Å². The number of rotatable bonds is 1. The van der Waals surface area contributed by atoms with Crippen LogP contribution in [-0.2, 0) is 0 Å². The monoisotopic (exact) mass is 198 g/mol. The van der Waals surface area contributed by atoms with E-state index in [0.29, 0.717) is 0 Å². The highest BCUT2D eigenvalue weighted by Crippen LogP contribution is 2.30. The first-order valence-corrected chi connectivity index (χ1v) is 4.90. The lowest BCUT2D eigenvalue weighted by Crippen LogP contribution is -1.98. The second kappa shape index (κ2) is 3.65. The van der Waals surface area contributed by atoms with Crippen LogP contribution in [0.5, 0.6) is 0 Å². The van der Waals surface area contributed by atoms with Crippen LogP contribution in [0.1, 0.15) is 5.56 Å². The molecule has 0 atom stereocenters. The molecule has 0 heterocycles. The van der Waals surface area contributed by atoms with E-state index in [1.54, 1.807) is 0 Å². The second-order valence-electron chi connectivity index (χ2n) is 3.61. The maximum Gasteiger partial charge on any atom is 0.0444 e. The Morgan fingerprint density at radius 1 is 0.867 bits per heavy atom. The molecule has 0 aliphatic carbocycles. The molecule has 0 fully saturated rings. The van der Waals surface area contributed by atoms with Gasteiger partial charge < -0.3 is 11.5 Å². The molecule has 0 aliphatic heterocycles. The van der Waals surface area contributed by atoms with Gasteiger partial charge in [0.15, 0.2) is 0 Å². The molecule has 2 nitrogen and oxygen atoms in total. The SMILES string of the molecule is Cc1c(N)ccc(-c2ccccc2)c1N. The molecular formula is C13H14N2. The summed E-state index contributed by atoms with van der Waals surface area (Å²) in [5.41, 5.74) is 16.5. The van der Waals surface area contributed by atoms with Crippen molar-refractivity contribution >= 4 is 11.4 Å². The van der Waals surface area contributed by atoms with Gasteiger partial charge in [-0.3, -0.25) is 0 Å². The van der Waals surface area contributed by atoms with E-state index < -0.39 is 0 Å². The summed E-state index contributed by atoms with van der Waals surface area (Å²) < 4.78 is 0. The molecule has 2 rings (SSSR count). The molecule has 0 aliphatic rings. The summed E-state index contributed by atoms with van der Waals surface area (Å²) in [6, 6.07) is 13.9. The van der Waals surface area contributed by atoms with Crippen LogP contribution < -0.4 is 11.5 Å². The van der Waals surface area contributed by atoms with Crippen molar-refractivity contribution in [3.05, 3.63) is 48.0 Å². The third-order valence-electron chi connectivity index (χ3n) is 2.64. The van der Waals surface area contributed by atoms with Gasteiger partial charge in [-0.25, -0.2) is 0 Å². The van der Waals surface area contributed by atoms with Crippen LogP contribution in [0, 0.1) is 6.92 Å². The molecule has 76 valence electrons. The normalized spacial score (nSPS) is 10.2. The fourth-order valence-corrected chi connectivity index (χ4v) is 1.61. The van der Waals surface area contributed by atoms with E-state index in [1.165, 1.54) is 0 Å². The Morgan fingerprint density at radius 2 is 1.53 bits per heavy atom. The summed E-state index contributed by atoms with van der Waals surface area (Å²) in [7, 11) is 0. The van der Waals surface area contributed by atoms with Crippen molar-refractivity contribution in [3.8, 4) is 11.1 Å². The van der Waals surface area contributed by atoms with E-state index >= 15 is 0 Å². The molecule has 2 heteroatoms. The zero-order chi connectivity index (χ0) is 10.8. The molecule has 0 unspecified atom stereocenters. The van der Waals surface area contributed by atoms with Crippen LogP contribution in [0.3, 0.4) is 0 Å². The Bertz CT molecular complexity index is 475. The standard InChI is InChI=1S/C13H14N2/c1-9-12(14)8-7-11(13(9)15)10-5-3-2-4-6-10/h2-8H,14-15H2,1H3. The van der Waals surface area contributed by atoms with Gasteiger partial charge in [-0.05, 0) is 24.1 Å². The lowest BCUT2D eigenvalue weighted by Gasteiger charge is -2.10. The minimum atomic E-state index is 0.743. The smallest absolute Gasteiger partial charge is 0.0444 e. The molecule has 15 heavy (non-hydrogen) atoms. The predicted octanol–water partition coefficient (Wildman–Crippen LogP) is 2.83. The molecule has 0 amide bonds. The fourth-order valence-electron chi connectivity index (χ4n) is 1.61. The number of benzene rings is 2. The molecule has 4 N–H and O–H groups in total. The minimum Gasteiger partial charge on any atom is -0.398 e. The highest BCUT2D eigenvalue weighted by Gasteiger charge is 2.06. The fraction of sp³-hybridized carbons (Fsp3) is 0.0769. The summed E-state index contributed by atoms with van der Waals surface area (Å²) in [5.74, 6) is 0. The average Bonchev–Trinajstić information content (AvgIpc) is 2.27. The summed E-state index contributed by atoms with van der Waals surface area (Å²) in [6.45, 7) is 1.94. The first-order valence-electron chi connectivity index (χ1n) is 4.90. The molecule has 2 aromatic carbocycles. The third kappa shape index (κ3) is 1.66. The highest BCUT2D eigenvalue weighted by molar-refractivity contribution is 5.81. The van der Waals surface area contributed by atoms with Gasteiger partial charge in [0.2, 0.25) is 0 Å². The van der Waals surface area contributed by atoms with Crippen molar-refractivity contribution in [2.24, 2.45) is 0 Å². The Hall–Kier alpha value is -1.96. The number of hydrogen-bond donors (Lipinski definition) is 2. The average molecular weight is 198 g/mol. The molecule has 0 spiro atoms. The Kier molecular flexibility index (Phi) is 2.34. The van der Waals surface area contributed by atoms with E-state index in [9.17, 15) is 0 Å². The highest BCUT2D eigenvalue weighted by atomic mass is 14.6. The van der Waals surface area contributed by atoms with Crippen LogP contribution in [0.25, 0.3) is 11.1 Å². The van der Waals surface area contributed by atoms with E-state index in [-0.39, 0.29) is 0 Å². The summed E-state index contributed by atoms with van der Waals surface area (Å²) in [5, 5.41) is 0. The predicted molar refractivity (Wildman–Crippen MR) is 65.4 cm³/mol. The largest absolute Gasteiger partial charge is 0.398 e. The number of anilines is 2. The van der Waals surface area contributed by atoms with E-state index in [4.69, 9.17) is 11.5 Å². The van der Waals surface area contributed by atoms with Gasteiger partial charge in [-0.15, -0.1) is 0 Å². The van der Waals surface area contributed by atoms with Crippen molar-refractivity contribution in [2.75, 3.05) is 11.5 Å². The van der Waals surface area contributed by atoms with Crippen molar-refractivity contribution < 1.29 is 0 Å². The Balaban J connectivity index is 2.60. The zero-order valence-corrected chi connectivity index (χ0v) is 8.70. The summed E-state index contributed by atoms with van der Waals surface area (Å²) >= 11 is 0. The maximum atomic E-state index is 6.04. The number of hydrogen-bond acceptors (Lipinski definition) is 2. The molecule has 0 aromatic heterocycles. The molecular weight excluding hydrogens is 184 g/mol. The minimum absolute atomic E-state index is 0.743. The Labute approximate surface area is 89.5 Å². The quantitative estimate of drug-likeness (QED) is 0.692. The molecule has 0 saturated carbocycles. The molecule has 0 saturated heterocycles. The van der Waals surface area contributed by atoms with Crippen molar-refractivity contribution in [1.82, 2.24) is 0 Å². The second-order valence-corrected chi connectivity index (χ2v) is 3.61. The van der Waals surface area contributed by atoms with E-state index in [2.05, 4.69) is 0 Å². The van der Waals surface area contributed by atoms with Gasteiger partial charge in [-0.1, -0.05) is 36.4 Å². The van der Waals surface area contributed by atoms with E-state index in [1.807, 2.05) is 49.4 Å². The number of nitrogens with two attached hydrogens (primary N) is 2. The summed E-state index contributed by atoms with van der Waals surface area (Å²) in [6.07, 6.45) is 0. The van der Waals surface area contributed by atoms with Crippen LogP contribution in [0.15, 0.2) is 42.5 Å². The molecule has 0 radical (unpaired) electrons. The first kappa shape index (κ1) is 9.59. The lowest BCUT2D eigenvalue weighted by atomic mass is 10.00. The van der Waals surface area contributed by atoms with Gasteiger partial charge in [0.25, 0.3) is 0 Å². The van der Waals surface area contributed by atoms with E-state index in [0.717, 1.165) is 28.1 Å². The van der Waals surface area contributed by atoms with Crippen molar-refractivity contribution in [3.63, 3.8) is 0 Å². The van der Waals surface area contributed by atoms with Crippen molar-refractivity contribution in [2.45, 2.75) is 6.92 Å². The van der Waals surface area contributed by atoms with Gasteiger partial charge in [-0.2, -0.15) is 0 Å². The van der Waals surface area contributed by atoms with Crippen LogP contribution in [0.2, 0.25) is 0 Å². The lowest BCUT2D eigenvalue weighted by molar-refractivity contribution is 1.46. The first-order chi connectivity index (χ1) is 7.20. The van der Waals surface area contributed by atoms with Gasteiger partial charge in [0.05, 0.1) is 0 Å². The topological polar surface area (TPSA) is 52.0 Å². The molecule has 2 aromatic rings. The van der Waals surface area contributed by atoms with Crippen LogP contribution >= 0.6 is 0 Å². The van der Waals surface area contributed by atoms with Gasteiger partial charge in [0.1, 0.15) is 0 Å². The zero-order valence-electron chi connectivity index (χ0n) is 8.70.